The Morgan fingerprint density at radius 1 is 1.14 bits per heavy atom. The molecule has 0 saturated carbocycles. The van der Waals surface area contributed by atoms with Crippen molar-refractivity contribution < 1.29 is 18.5 Å². The van der Waals surface area contributed by atoms with E-state index in [-0.39, 0.29) is 30.1 Å². The quantitative estimate of drug-likeness (QED) is 0.322. The molecule has 3 aliphatic rings. The molecule has 5 rings (SSSR count). The number of amides is 1. The third-order valence-corrected chi connectivity index (χ3v) is 9.53. The number of hydrogen-bond donors (Lipinski definition) is 4. The molecule has 3 unspecified atom stereocenters. The summed E-state index contributed by atoms with van der Waals surface area (Å²) in [5, 5.41) is 9.56. The van der Waals surface area contributed by atoms with Crippen molar-refractivity contribution in [1.29, 1.82) is 0 Å². The molecule has 1 amide bonds. The number of benzene rings is 1. The molecule has 0 aliphatic carbocycles. The topological polar surface area (TPSA) is 144 Å². The number of nitrogens with one attached hydrogen (secondary N) is 3. The standard InChI is InChI=1S/C30H43N7O4S/c1-19(31)25(18-32-3)20(2)33-29(38)21-4-6-23(7-5-21)41-24-8-13-37(14-9-24)30-35-26-12-17-42(39)27(26)28(36-30)34-22-10-15-40-16-11-22/h4-7,18-20,22,24,32H,8-17,31H2,1-3H3,(H,33,38)(H,34,35,36)/b25-18+. The number of hydrogen-bond acceptors (Lipinski definition) is 10. The lowest BCUT2D eigenvalue weighted by Crippen LogP contribution is -2.39. The van der Waals surface area contributed by atoms with Crippen LogP contribution in [-0.4, -0.2) is 83.4 Å². The predicted molar refractivity (Wildman–Crippen MR) is 165 cm³/mol. The van der Waals surface area contributed by atoms with Crippen molar-refractivity contribution in [2.45, 2.75) is 75.1 Å². The van der Waals surface area contributed by atoms with Gasteiger partial charge in [-0.05, 0) is 62.7 Å². The number of nitrogens with two attached hydrogens (primary N) is 1. The van der Waals surface area contributed by atoms with E-state index in [1.807, 2.05) is 39.2 Å². The van der Waals surface area contributed by atoms with E-state index in [4.69, 9.17) is 25.2 Å². The zero-order valence-electron chi connectivity index (χ0n) is 24.7. The van der Waals surface area contributed by atoms with E-state index in [1.165, 1.54) is 0 Å². The van der Waals surface area contributed by atoms with Gasteiger partial charge in [0.15, 0.2) is 0 Å². The molecule has 0 spiro atoms. The Labute approximate surface area is 250 Å². The van der Waals surface area contributed by atoms with Gasteiger partial charge in [0.25, 0.3) is 5.91 Å². The maximum absolute atomic E-state index is 12.8. The van der Waals surface area contributed by atoms with Crippen molar-refractivity contribution in [1.82, 2.24) is 20.6 Å². The first-order valence-corrected chi connectivity index (χ1v) is 16.2. The van der Waals surface area contributed by atoms with E-state index in [9.17, 15) is 9.00 Å². The first-order chi connectivity index (χ1) is 20.3. The molecule has 0 bridgehead atoms. The monoisotopic (exact) mass is 597 g/mol. The minimum absolute atomic E-state index is 0.0583. The summed E-state index contributed by atoms with van der Waals surface area (Å²) in [5.41, 5.74) is 8.44. The first-order valence-electron chi connectivity index (χ1n) is 14.9. The summed E-state index contributed by atoms with van der Waals surface area (Å²) in [6.07, 6.45) is 6.09. The predicted octanol–water partition coefficient (Wildman–Crippen LogP) is 2.35. The Morgan fingerprint density at radius 2 is 1.86 bits per heavy atom. The second-order valence-electron chi connectivity index (χ2n) is 11.2. The second kappa shape index (κ2) is 13.8. The van der Waals surface area contributed by atoms with Gasteiger partial charge in [0, 0.05) is 76.0 Å². The molecule has 0 radical (unpaired) electrons. The highest BCUT2D eigenvalue weighted by Gasteiger charge is 2.30. The summed E-state index contributed by atoms with van der Waals surface area (Å²) in [7, 11) is 0.752. The van der Waals surface area contributed by atoms with Crippen LogP contribution in [-0.2, 0) is 22.0 Å². The molecule has 3 aliphatic heterocycles. The number of ether oxygens (including phenoxy) is 2. The summed E-state index contributed by atoms with van der Waals surface area (Å²) in [4.78, 5) is 25.5. The van der Waals surface area contributed by atoms with Gasteiger partial charge < -0.3 is 36.1 Å². The molecule has 1 aromatic carbocycles. The van der Waals surface area contributed by atoms with Crippen molar-refractivity contribution in [2.24, 2.45) is 5.73 Å². The second-order valence-corrected chi connectivity index (χ2v) is 12.7. The van der Waals surface area contributed by atoms with Crippen molar-refractivity contribution >= 4 is 28.5 Å². The number of nitrogens with zero attached hydrogens (tertiary/aromatic N) is 3. The van der Waals surface area contributed by atoms with Crippen LogP contribution >= 0.6 is 0 Å². The number of piperidine rings is 1. The van der Waals surface area contributed by atoms with Crippen LogP contribution in [0.15, 0.2) is 40.9 Å². The summed E-state index contributed by atoms with van der Waals surface area (Å²) < 4.78 is 24.5. The van der Waals surface area contributed by atoms with E-state index in [1.54, 1.807) is 12.1 Å². The number of carbonyl (C=O) groups is 1. The minimum Gasteiger partial charge on any atom is -0.490 e. The largest absolute Gasteiger partial charge is 0.490 e. The molecule has 2 fully saturated rings. The van der Waals surface area contributed by atoms with Crippen LogP contribution in [0.2, 0.25) is 0 Å². The Balaban J connectivity index is 1.16. The smallest absolute Gasteiger partial charge is 0.251 e. The molecule has 11 nitrogen and oxygen atoms in total. The van der Waals surface area contributed by atoms with Gasteiger partial charge in [-0.1, -0.05) is 0 Å². The van der Waals surface area contributed by atoms with Crippen LogP contribution < -0.4 is 31.3 Å². The zero-order valence-corrected chi connectivity index (χ0v) is 25.5. The molecule has 42 heavy (non-hydrogen) atoms. The Hall–Kier alpha value is -3.22. The summed E-state index contributed by atoms with van der Waals surface area (Å²) in [6, 6.07) is 7.16. The fourth-order valence-corrected chi connectivity index (χ4v) is 7.00. The number of aryl methyl sites for hydroxylation is 1. The molecule has 2 aromatic rings. The number of anilines is 2. The van der Waals surface area contributed by atoms with Gasteiger partial charge >= 0.3 is 0 Å². The van der Waals surface area contributed by atoms with Gasteiger partial charge in [-0.3, -0.25) is 9.00 Å². The van der Waals surface area contributed by atoms with E-state index in [0.717, 1.165) is 79.7 Å². The van der Waals surface area contributed by atoms with E-state index < -0.39 is 10.8 Å². The van der Waals surface area contributed by atoms with E-state index in [2.05, 4.69) is 20.9 Å². The van der Waals surface area contributed by atoms with Crippen LogP contribution in [0.4, 0.5) is 11.8 Å². The SMILES string of the molecule is CN/C=C(\C(C)N)C(C)NC(=O)c1ccc(OC2CCN(c3nc4c(c(NC5CCOCC5)n3)S(=O)CC4)CC2)cc1. The summed E-state index contributed by atoms with van der Waals surface area (Å²) in [6.45, 7) is 6.81. The third kappa shape index (κ3) is 7.22. The van der Waals surface area contributed by atoms with Crippen molar-refractivity contribution in [3.8, 4) is 5.75 Å². The molecule has 12 heteroatoms. The molecule has 1 aromatic heterocycles. The maximum Gasteiger partial charge on any atom is 0.251 e. The number of fused-ring (bicyclic) bond motifs is 1. The lowest BCUT2D eigenvalue weighted by atomic mass is 10.0. The maximum atomic E-state index is 12.8. The van der Waals surface area contributed by atoms with E-state index in [0.29, 0.717) is 23.7 Å². The van der Waals surface area contributed by atoms with Gasteiger partial charge in [0.2, 0.25) is 5.95 Å². The molecule has 5 N–H and O–H groups in total. The third-order valence-electron chi connectivity index (χ3n) is 8.07. The highest BCUT2D eigenvalue weighted by atomic mass is 32.2. The van der Waals surface area contributed by atoms with Crippen molar-refractivity contribution in [2.75, 3.05) is 49.3 Å². The first kappa shape index (κ1) is 30.2. The lowest BCUT2D eigenvalue weighted by Gasteiger charge is -2.33. The average Bonchev–Trinajstić information content (AvgIpc) is 3.37. The van der Waals surface area contributed by atoms with Gasteiger partial charge in [-0.15, -0.1) is 0 Å². The number of carbonyl (C=O) groups excluding carboxylic acids is 1. The molecular formula is C30H43N7O4S. The summed E-state index contributed by atoms with van der Waals surface area (Å²) >= 11 is 0. The van der Waals surface area contributed by atoms with Crippen LogP contribution in [0.25, 0.3) is 0 Å². The molecular weight excluding hydrogens is 554 g/mol. The normalized spacial score (nSPS) is 21.4. The molecule has 228 valence electrons. The summed E-state index contributed by atoms with van der Waals surface area (Å²) in [5.74, 6) is 2.60. The Bertz CT molecular complexity index is 1290. The molecule has 4 heterocycles. The van der Waals surface area contributed by atoms with Gasteiger partial charge in [-0.2, -0.15) is 4.98 Å². The highest BCUT2D eigenvalue weighted by Crippen LogP contribution is 2.32. The van der Waals surface area contributed by atoms with Crippen LogP contribution in [0.3, 0.4) is 0 Å². The Morgan fingerprint density at radius 3 is 2.52 bits per heavy atom. The fraction of sp³-hybridized carbons (Fsp3) is 0.567. The highest BCUT2D eigenvalue weighted by molar-refractivity contribution is 7.85. The molecule has 2 saturated heterocycles. The lowest BCUT2D eigenvalue weighted by molar-refractivity contribution is 0.0903. The van der Waals surface area contributed by atoms with Gasteiger partial charge in [-0.25, -0.2) is 4.98 Å². The number of rotatable bonds is 10. The molecule has 3 atom stereocenters. The van der Waals surface area contributed by atoms with Crippen LogP contribution in [0, 0.1) is 0 Å². The zero-order chi connectivity index (χ0) is 29.6. The minimum atomic E-state index is -1.06. The van der Waals surface area contributed by atoms with Gasteiger partial charge in [0.1, 0.15) is 22.6 Å². The number of aromatic nitrogens is 2. The van der Waals surface area contributed by atoms with Crippen LogP contribution in [0.1, 0.15) is 55.6 Å². The average molecular weight is 598 g/mol. The van der Waals surface area contributed by atoms with E-state index >= 15 is 0 Å². The van der Waals surface area contributed by atoms with Crippen molar-refractivity contribution in [3.63, 3.8) is 0 Å². The van der Waals surface area contributed by atoms with Gasteiger partial charge in [0.05, 0.1) is 22.5 Å². The van der Waals surface area contributed by atoms with Crippen LogP contribution in [0.5, 0.6) is 5.75 Å². The van der Waals surface area contributed by atoms with Crippen molar-refractivity contribution in [3.05, 3.63) is 47.3 Å². The fourth-order valence-electron chi connectivity index (χ4n) is 5.69. The Kier molecular flexibility index (Phi) is 9.96.